The van der Waals surface area contributed by atoms with E-state index < -0.39 is 10.0 Å². The van der Waals surface area contributed by atoms with E-state index in [9.17, 15) is 18.0 Å². The molecule has 0 atom stereocenters. The quantitative estimate of drug-likeness (QED) is 0.851. The van der Waals surface area contributed by atoms with Gasteiger partial charge in [0.05, 0.1) is 5.69 Å². The number of nitrogens with one attached hydrogen (secondary N) is 2. The van der Waals surface area contributed by atoms with Crippen molar-refractivity contribution in [2.45, 2.75) is 24.8 Å². The van der Waals surface area contributed by atoms with Gasteiger partial charge < -0.3 is 9.55 Å². The summed E-state index contributed by atoms with van der Waals surface area (Å²) < 4.78 is 28.1. The Labute approximate surface area is 121 Å². The maximum Gasteiger partial charge on any atom is 0.263 e. The highest BCUT2D eigenvalue weighted by Crippen LogP contribution is 2.13. The second-order valence-corrected chi connectivity index (χ2v) is 6.13. The molecule has 0 unspecified atom stereocenters. The van der Waals surface area contributed by atoms with Gasteiger partial charge in [-0.25, -0.2) is 8.42 Å². The van der Waals surface area contributed by atoms with Crippen LogP contribution in [0.2, 0.25) is 0 Å². The van der Waals surface area contributed by atoms with Crippen LogP contribution in [0, 0.1) is 0 Å². The number of aromatic amines is 1. The van der Waals surface area contributed by atoms with Crippen LogP contribution in [-0.4, -0.2) is 18.0 Å². The maximum absolute atomic E-state index is 12.1. The molecule has 2 rings (SSSR count). The molecule has 0 aliphatic heterocycles. The van der Waals surface area contributed by atoms with Gasteiger partial charge in [0.1, 0.15) is 4.90 Å². The van der Waals surface area contributed by atoms with Crippen molar-refractivity contribution in [3.8, 4) is 0 Å². The summed E-state index contributed by atoms with van der Waals surface area (Å²) in [5, 5.41) is 0. The molecule has 0 amide bonds. The van der Waals surface area contributed by atoms with Crippen LogP contribution in [-0.2, 0) is 16.6 Å². The first-order valence-electron chi connectivity index (χ1n) is 6.34. The number of sulfonamides is 1. The molecular formula is C13H15N3O4S. The predicted molar refractivity (Wildman–Crippen MR) is 78.9 cm³/mol. The van der Waals surface area contributed by atoms with Gasteiger partial charge in [-0.15, -0.1) is 0 Å². The van der Waals surface area contributed by atoms with Crippen molar-refractivity contribution in [2.75, 3.05) is 4.72 Å². The molecule has 2 aromatic heterocycles. The molecule has 0 spiro atoms. The first-order chi connectivity index (χ1) is 9.92. The van der Waals surface area contributed by atoms with Crippen LogP contribution in [0.15, 0.2) is 51.1 Å². The summed E-state index contributed by atoms with van der Waals surface area (Å²) in [7, 11) is -3.81. The van der Waals surface area contributed by atoms with Gasteiger partial charge in [0, 0.05) is 31.1 Å². The van der Waals surface area contributed by atoms with E-state index in [4.69, 9.17) is 0 Å². The molecule has 0 aliphatic carbocycles. The van der Waals surface area contributed by atoms with Gasteiger partial charge in [-0.3, -0.25) is 14.3 Å². The van der Waals surface area contributed by atoms with E-state index in [0.717, 1.165) is 18.7 Å². The van der Waals surface area contributed by atoms with Gasteiger partial charge in [0.2, 0.25) is 5.56 Å². The third kappa shape index (κ3) is 3.60. The molecule has 2 aromatic rings. The minimum absolute atomic E-state index is 0.0599. The van der Waals surface area contributed by atoms with Gasteiger partial charge >= 0.3 is 0 Å². The Hall–Kier alpha value is -2.35. The Balaban J connectivity index is 2.32. The maximum atomic E-state index is 12.1. The smallest absolute Gasteiger partial charge is 0.263 e. The van der Waals surface area contributed by atoms with Crippen molar-refractivity contribution < 1.29 is 8.42 Å². The highest BCUT2D eigenvalue weighted by molar-refractivity contribution is 7.92. The molecule has 0 fully saturated rings. The lowest BCUT2D eigenvalue weighted by molar-refractivity contribution is 0.600. The number of hydrogen-bond donors (Lipinski definition) is 2. The summed E-state index contributed by atoms with van der Waals surface area (Å²) >= 11 is 0. The van der Waals surface area contributed by atoms with Crippen LogP contribution in [0.25, 0.3) is 0 Å². The molecule has 0 aliphatic rings. The molecule has 0 saturated carbocycles. The fraction of sp³-hybridized carbons (Fsp3) is 0.231. The fourth-order valence-electron chi connectivity index (χ4n) is 1.78. The van der Waals surface area contributed by atoms with Crippen molar-refractivity contribution in [1.82, 2.24) is 9.55 Å². The van der Waals surface area contributed by atoms with Crippen molar-refractivity contribution in [3.05, 3.63) is 57.4 Å². The molecular weight excluding hydrogens is 294 g/mol. The summed E-state index contributed by atoms with van der Waals surface area (Å²) in [6.07, 6.45) is 3.33. The summed E-state index contributed by atoms with van der Waals surface area (Å²) in [4.78, 5) is 24.8. The van der Waals surface area contributed by atoms with Crippen molar-refractivity contribution in [3.63, 3.8) is 0 Å². The Kier molecular flexibility index (Phi) is 4.27. The highest BCUT2D eigenvalue weighted by Gasteiger charge is 2.14. The number of H-pyrrole nitrogens is 1. The topological polar surface area (TPSA) is 101 Å². The van der Waals surface area contributed by atoms with Crippen LogP contribution >= 0.6 is 0 Å². The Morgan fingerprint density at radius 2 is 1.95 bits per heavy atom. The minimum atomic E-state index is -3.81. The van der Waals surface area contributed by atoms with Gasteiger partial charge in [-0.1, -0.05) is 6.92 Å². The number of pyridine rings is 2. The van der Waals surface area contributed by atoms with E-state index in [1.165, 1.54) is 29.0 Å². The lowest BCUT2D eigenvalue weighted by Crippen LogP contribution is -2.21. The molecule has 0 aromatic carbocycles. The Morgan fingerprint density at radius 1 is 1.19 bits per heavy atom. The average molecular weight is 309 g/mol. The van der Waals surface area contributed by atoms with Gasteiger partial charge in [0.25, 0.3) is 15.6 Å². The number of rotatable bonds is 5. The molecule has 0 bridgehead atoms. The van der Waals surface area contributed by atoms with E-state index in [1.807, 2.05) is 6.92 Å². The number of hydrogen-bond acceptors (Lipinski definition) is 4. The second-order valence-electron chi connectivity index (χ2n) is 4.44. The first kappa shape index (κ1) is 15.0. The summed E-state index contributed by atoms with van der Waals surface area (Å²) in [5.41, 5.74) is -0.288. The van der Waals surface area contributed by atoms with E-state index in [1.54, 1.807) is 0 Å². The highest BCUT2D eigenvalue weighted by atomic mass is 32.2. The summed E-state index contributed by atoms with van der Waals surface area (Å²) in [6.45, 7) is 2.43. The van der Waals surface area contributed by atoms with E-state index in [2.05, 4.69) is 9.71 Å². The molecule has 2 heterocycles. The zero-order valence-electron chi connectivity index (χ0n) is 11.4. The van der Waals surface area contributed by atoms with Crippen LogP contribution in [0.4, 0.5) is 5.69 Å². The van der Waals surface area contributed by atoms with Crippen LogP contribution < -0.4 is 15.8 Å². The molecule has 8 heteroatoms. The van der Waals surface area contributed by atoms with E-state index >= 15 is 0 Å². The van der Waals surface area contributed by atoms with Gasteiger partial charge in [-0.2, -0.15) is 0 Å². The minimum Gasteiger partial charge on any atom is -0.328 e. The van der Waals surface area contributed by atoms with Crippen LogP contribution in [0.3, 0.4) is 0 Å². The predicted octanol–water partition coefficient (Wildman–Crippen LogP) is 0.747. The van der Waals surface area contributed by atoms with Crippen molar-refractivity contribution in [2.24, 2.45) is 0 Å². The number of anilines is 1. The molecule has 2 N–H and O–H groups in total. The standard InChI is InChI=1S/C13H15N3O4S/c1-2-7-16-9-10(3-6-13(16)18)15-21(19,20)11-4-5-12(17)14-8-11/h3-6,8-9,15H,2,7H2,1H3,(H,14,17). The number of aromatic nitrogens is 2. The second kappa shape index (κ2) is 5.96. The van der Waals surface area contributed by atoms with Crippen LogP contribution in [0.5, 0.6) is 0 Å². The monoisotopic (exact) mass is 309 g/mol. The molecule has 21 heavy (non-hydrogen) atoms. The third-order valence-corrected chi connectivity index (χ3v) is 4.15. The third-order valence-electron chi connectivity index (χ3n) is 2.77. The lowest BCUT2D eigenvalue weighted by Gasteiger charge is -2.10. The number of nitrogens with zero attached hydrogens (tertiary/aromatic N) is 1. The Bertz CT molecular complexity index is 832. The van der Waals surface area contributed by atoms with Gasteiger partial charge in [0.15, 0.2) is 0 Å². The zero-order chi connectivity index (χ0) is 15.5. The van der Waals surface area contributed by atoms with Crippen LogP contribution in [0.1, 0.15) is 13.3 Å². The molecule has 0 radical (unpaired) electrons. The van der Waals surface area contributed by atoms with Gasteiger partial charge in [-0.05, 0) is 18.6 Å². The zero-order valence-corrected chi connectivity index (χ0v) is 12.2. The lowest BCUT2D eigenvalue weighted by atomic mass is 10.4. The van der Waals surface area contributed by atoms with E-state index in [0.29, 0.717) is 6.54 Å². The first-order valence-corrected chi connectivity index (χ1v) is 7.83. The Morgan fingerprint density at radius 3 is 2.57 bits per heavy atom. The van der Waals surface area contributed by atoms with E-state index in [-0.39, 0.29) is 21.7 Å². The van der Waals surface area contributed by atoms with Crippen molar-refractivity contribution in [1.29, 1.82) is 0 Å². The average Bonchev–Trinajstić information content (AvgIpc) is 2.43. The fourth-order valence-corrected chi connectivity index (χ4v) is 2.80. The molecule has 112 valence electrons. The molecule has 7 nitrogen and oxygen atoms in total. The normalized spacial score (nSPS) is 11.3. The summed E-state index contributed by atoms with van der Waals surface area (Å²) in [5.74, 6) is 0. The number of aryl methyl sites for hydroxylation is 1. The SMILES string of the molecule is CCCn1cc(NS(=O)(=O)c2ccc(=O)[nH]c2)ccc1=O. The summed E-state index contributed by atoms with van der Waals surface area (Å²) in [6, 6.07) is 5.05. The molecule has 0 saturated heterocycles. The largest absolute Gasteiger partial charge is 0.328 e. The van der Waals surface area contributed by atoms with Crippen molar-refractivity contribution >= 4 is 15.7 Å².